The average Bonchev–Trinajstić information content (AvgIpc) is 3.25. The smallest absolute Gasteiger partial charge is 0.253 e. The molecule has 3 rings (SSSR count). The van der Waals surface area contributed by atoms with Crippen molar-refractivity contribution in [1.82, 2.24) is 19.9 Å². The molecule has 0 aliphatic carbocycles. The summed E-state index contributed by atoms with van der Waals surface area (Å²) in [4.78, 5) is 21.9. The molecule has 0 saturated carbocycles. The van der Waals surface area contributed by atoms with E-state index in [4.69, 9.17) is 4.98 Å². The number of aryl methyl sites for hydroxylation is 1. The first-order valence-electron chi connectivity index (χ1n) is 9.75. The van der Waals surface area contributed by atoms with Gasteiger partial charge in [0.15, 0.2) is 0 Å². The topological polar surface area (TPSA) is 59.8 Å². The van der Waals surface area contributed by atoms with Crippen molar-refractivity contribution in [3.63, 3.8) is 0 Å². The fourth-order valence-electron chi connectivity index (χ4n) is 3.38. The molecular formula is C22H28N4OS. The first kappa shape index (κ1) is 20.3. The summed E-state index contributed by atoms with van der Waals surface area (Å²) in [5.41, 5.74) is 5.70. The van der Waals surface area contributed by atoms with Gasteiger partial charge in [-0.25, -0.2) is 4.98 Å². The summed E-state index contributed by atoms with van der Waals surface area (Å²) in [5.74, 6) is -0.0367. The first-order chi connectivity index (χ1) is 13.3. The fourth-order valence-corrected chi connectivity index (χ4v) is 4.19. The molecule has 0 aromatic carbocycles. The number of hydrogen-bond donors (Lipinski definition) is 1. The third kappa shape index (κ3) is 4.02. The number of nitrogens with one attached hydrogen (secondary N) is 1. The molecule has 6 heteroatoms. The van der Waals surface area contributed by atoms with E-state index in [-0.39, 0.29) is 18.0 Å². The third-order valence-corrected chi connectivity index (χ3v) is 5.56. The largest absolute Gasteiger partial charge is 0.350 e. The zero-order valence-electron chi connectivity index (χ0n) is 17.4. The minimum absolute atomic E-state index is 0.0367. The monoisotopic (exact) mass is 396 g/mol. The molecule has 3 heterocycles. The van der Waals surface area contributed by atoms with Gasteiger partial charge in [0, 0.05) is 40.6 Å². The van der Waals surface area contributed by atoms with Gasteiger partial charge in [-0.2, -0.15) is 0 Å². The van der Waals surface area contributed by atoms with Gasteiger partial charge in [-0.3, -0.25) is 9.78 Å². The molecule has 28 heavy (non-hydrogen) atoms. The van der Waals surface area contributed by atoms with Gasteiger partial charge >= 0.3 is 0 Å². The molecule has 0 unspecified atom stereocenters. The van der Waals surface area contributed by atoms with Crippen molar-refractivity contribution in [2.75, 3.05) is 0 Å². The van der Waals surface area contributed by atoms with E-state index < -0.39 is 0 Å². The van der Waals surface area contributed by atoms with Crippen LogP contribution < -0.4 is 5.32 Å². The van der Waals surface area contributed by atoms with E-state index in [2.05, 4.69) is 47.1 Å². The molecule has 3 aromatic rings. The average molecular weight is 397 g/mol. The van der Waals surface area contributed by atoms with Crippen molar-refractivity contribution < 1.29 is 4.79 Å². The van der Waals surface area contributed by atoms with E-state index >= 15 is 0 Å². The second kappa shape index (κ2) is 8.27. The zero-order valence-corrected chi connectivity index (χ0v) is 18.2. The van der Waals surface area contributed by atoms with Gasteiger partial charge in [0.05, 0.1) is 17.0 Å². The second-order valence-electron chi connectivity index (χ2n) is 7.55. The summed E-state index contributed by atoms with van der Waals surface area (Å²) in [6, 6.07) is 6.39. The van der Waals surface area contributed by atoms with Gasteiger partial charge < -0.3 is 9.88 Å². The Balaban J connectivity index is 2.04. The van der Waals surface area contributed by atoms with Crippen molar-refractivity contribution in [3.05, 3.63) is 46.7 Å². The minimum atomic E-state index is -0.0367. The van der Waals surface area contributed by atoms with Crippen molar-refractivity contribution in [1.29, 1.82) is 0 Å². The van der Waals surface area contributed by atoms with Crippen LogP contribution in [-0.4, -0.2) is 26.5 Å². The van der Waals surface area contributed by atoms with Crippen molar-refractivity contribution in [3.8, 4) is 22.0 Å². The lowest BCUT2D eigenvalue weighted by molar-refractivity contribution is 0.0942. The molecule has 0 radical (unpaired) electrons. The standard InChI is InChI=1S/C22H28N4OS/c1-7-17-10-16(8-9-23-17)22-25-19(12-28-22)20-11-18(21(27)24-13(2)3)15(6)26(20)14(4)5/h8-14H,7H2,1-6H3,(H,24,27). The molecule has 0 spiro atoms. The fraction of sp³-hybridized carbons (Fsp3) is 0.409. The lowest BCUT2D eigenvalue weighted by atomic mass is 10.2. The van der Waals surface area contributed by atoms with Crippen molar-refractivity contribution >= 4 is 17.2 Å². The highest BCUT2D eigenvalue weighted by molar-refractivity contribution is 7.13. The molecule has 0 saturated heterocycles. The third-order valence-electron chi connectivity index (χ3n) is 4.66. The van der Waals surface area contributed by atoms with Crippen LogP contribution in [0.1, 0.15) is 62.4 Å². The normalized spacial score (nSPS) is 11.4. The maximum atomic E-state index is 12.6. The Morgan fingerprint density at radius 1 is 1.25 bits per heavy atom. The Hall–Kier alpha value is -2.47. The lowest BCUT2D eigenvalue weighted by Gasteiger charge is -2.15. The van der Waals surface area contributed by atoms with Gasteiger partial charge in [-0.1, -0.05) is 6.92 Å². The SMILES string of the molecule is CCc1cc(-c2nc(-c3cc(C(=O)NC(C)C)c(C)n3C(C)C)cs2)ccn1. The number of amides is 1. The Kier molecular flexibility index (Phi) is 5.98. The molecule has 1 N–H and O–H groups in total. The first-order valence-corrected chi connectivity index (χ1v) is 10.6. The number of pyridine rings is 1. The van der Waals surface area contributed by atoms with Crippen molar-refractivity contribution in [2.45, 2.75) is 60.0 Å². The van der Waals surface area contributed by atoms with E-state index in [1.54, 1.807) is 11.3 Å². The highest BCUT2D eigenvalue weighted by atomic mass is 32.1. The van der Waals surface area contributed by atoms with Crippen LogP contribution in [-0.2, 0) is 6.42 Å². The van der Waals surface area contributed by atoms with Crippen LogP contribution in [0.25, 0.3) is 22.0 Å². The number of nitrogens with zero attached hydrogens (tertiary/aromatic N) is 3. The summed E-state index contributed by atoms with van der Waals surface area (Å²) >= 11 is 1.62. The quantitative estimate of drug-likeness (QED) is 0.618. The van der Waals surface area contributed by atoms with Crippen LogP contribution in [0, 0.1) is 6.92 Å². The lowest BCUT2D eigenvalue weighted by Crippen LogP contribution is -2.30. The van der Waals surface area contributed by atoms with Gasteiger partial charge in [-0.15, -0.1) is 11.3 Å². The second-order valence-corrected chi connectivity index (χ2v) is 8.41. The van der Waals surface area contributed by atoms with Gasteiger partial charge in [0.25, 0.3) is 5.91 Å². The number of aromatic nitrogens is 3. The number of thiazole rings is 1. The summed E-state index contributed by atoms with van der Waals surface area (Å²) in [5, 5.41) is 6.03. The van der Waals surface area contributed by atoms with E-state index in [1.807, 2.05) is 39.1 Å². The zero-order chi connectivity index (χ0) is 20.4. The predicted molar refractivity (Wildman–Crippen MR) is 116 cm³/mol. The van der Waals surface area contributed by atoms with Crippen molar-refractivity contribution in [2.24, 2.45) is 0 Å². The Morgan fingerprint density at radius 3 is 2.64 bits per heavy atom. The molecule has 0 aliphatic rings. The van der Waals surface area contributed by atoms with E-state index in [0.29, 0.717) is 5.56 Å². The number of carbonyl (C=O) groups excluding carboxylic acids is 1. The highest BCUT2D eigenvalue weighted by Crippen LogP contribution is 2.33. The maximum absolute atomic E-state index is 12.6. The summed E-state index contributed by atoms with van der Waals surface area (Å²) in [6.45, 7) is 12.3. The van der Waals surface area contributed by atoms with E-state index in [9.17, 15) is 4.79 Å². The maximum Gasteiger partial charge on any atom is 0.253 e. The van der Waals surface area contributed by atoms with Crippen LogP contribution in [0.15, 0.2) is 29.8 Å². The van der Waals surface area contributed by atoms with Crippen LogP contribution in [0.4, 0.5) is 0 Å². The summed E-state index contributed by atoms with van der Waals surface area (Å²) < 4.78 is 2.19. The number of rotatable bonds is 6. The highest BCUT2D eigenvalue weighted by Gasteiger charge is 2.22. The van der Waals surface area contributed by atoms with E-state index in [1.165, 1.54) is 0 Å². The van der Waals surface area contributed by atoms with Crippen LogP contribution >= 0.6 is 11.3 Å². The Morgan fingerprint density at radius 2 is 2.00 bits per heavy atom. The minimum Gasteiger partial charge on any atom is -0.350 e. The molecule has 3 aromatic heterocycles. The van der Waals surface area contributed by atoms with Crippen LogP contribution in [0.5, 0.6) is 0 Å². The van der Waals surface area contributed by atoms with Gasteiger partial charge in [0.2, 0.25) is 0 Å². The molecule has 148 valence electrons. The summed E-state index contributed by atoms with van der Waals surface area (Å²) in [7, 11) is 0. The molecule has 1 amide bonds. The van der Waals surface area contributed by atoms with Crippen LogP contribution in [0.2, 0.25) is 0 Å². The number of carbonyl (C=O) groups is 1. The molecular weight excluding hydrogens is 368 g/mol. The van der Waals surface area contributed by atoms with Gasteiger partial charge in [-0.05, 0) is 59.2 Å². The summed E-state index contributed by atoms with van der Waals surface area (Å²) in [6.07, 6.45) is 2.74. The predicted octanol–water partition coefficient (Wildman–Crippen LogP) is 5.26. The Labute approximate surface area is 170 Å². The number of hydrogen-bond acceptors (Lipinski definition) is 4. The molecule has 0 atom stereocenters. The van der Waals surface area contributed by atoms with Gasteiger partial charge in [0.1, 0.15) is 5.01 Å². The Bertz CT molecular complexity index is 984. The molecule has 0 aliphatic heterocycles. The van der Waals surface area contributed by atoms with Crippen LogP contribution in [0.3, 0.4) is 0 Å². The molecule has 5 nitrogen and oxygen atoms in total. The van der Waals surface area contributed by atoms with E-state index in [0.717, 1.165) is 39.8 Å². The molecule has 0 fully saturated rings. The molecule has 0 bridgehead atoms.